The second kappa shape index (κ2) is 9.35. The van der Waals surface area contributed by atoms with E-state index in [4.69, 9.17) is 4.52 Å². The molecule has 10 heteroatoms. The second-order valence-electron chi connectivity index (χ2n) is 9.94. The van der Waals surface area contributed by atoms with Crippen molar-refractivity contribution in [1.82, 2.24) is 20.0 Å². The van der Waals surface area contributed by atoms with Crippen LogP contribution in [0.3, 0.4) is 0 Å². The average molecular weight is 519 g/mol. The van der Waals surface area contributed by atoms with Gasteiger partial charge in [-0.1, -0.05) is 19.0 Å². The van der Waals surface area contributed by atoms with Crippen LogP contribution in [0.1, 0.15) is 42.4 Å². The summed E-state index contributed by atoms with van der Waals surface area (Å²) in [4.78, 5) is 26.8. The van der Waals surface area contributed by atoms with Gasteiger partial charge in [-0.05, 0) is 49.9 Å². The van der Waals surface area contributed by atoms with Crippen molar-refractivity contribution in [3.8, 4) is 21.8 Å². The van der Waals surface area contributed by atoms with Gasteiger partial charge < -0.3 is 14.7 Å². The zero-order valence-corrected chi connectivity index (χ0v) is 21.6. The number of halogens is 1. The smallest absolute Gasteiger partial charge is 0.276 e. The minimum Gasteiger partial charge on any atom is -0.367 e. The number of amides is 1. The Kier molecular flexibility index (Phi) is 6.00. The maximum atomic E-state index is 13.5. The zero-order chi connectivity index (χ0) is 25.7. The Morgan fingerprint density at radius 1 is 1.16 bits per heavy atom. The lowest BCUT2D eigenvalue weighted by atomic mass is 9.88. The van der Waals surface area contributed by atoms with E-state index >= 15 is 0 Å². The Hall–Kier alpha value is -3.63. The zero-order valence-electron chi connectivity index (χ0n) is 20.8. The van der Waals surface area contributed by atoms with Gasteiger partial charge in [-0.25, -0.2) is 14.4 Å². The SMILES string of the molecule is CC(C)c1onc(-c2ccc(F)cc2)c1-c1nc(C(=O)Nc2ccc(N3CC4CC(C3)N4C)cn2)cs1. The molecule has 1 amide bonds. The van der Waals surface area contributed by atoms with Gasteiger partial charge >= 0.3 is 0 Å². The number of nitrogens with zero attached hydrogens (tertiary/aromatic N) is 5. The number of nitrogens with one attached hydrogen (secondary N) is 1. The number of carbonyl (C=O) groups excluding carboxylic acids is 1. The molecule has 190 valence electrons. The van der Waals surface area contributed by atoms with Crippen LogP contribution in [0.15, 0.2) is 52.5 Å². The summed E-state index contributed by atoms with van der Waals surface area (Å²) in [6.07, 6.45) is 3.08. The van der Waals surface area contributed by atoms with Gasteiger partial charge in [0.25, 0.3) is 5.91 Å². The van der Waals surface area contributed by atoms with Crippen molar-refractivity contribution >= 4 is 28.7 Å². The van der Waals surface area contributed by atoms with Crippen molar-refractivity contribution < 1.29 is 13.7 Å². The standard InChI is InChI=1S/C27H27FN6O2S/c1-15(2)25-23(24(32-36-25)16-4-6-17(28)7-5-16)27-30-21(14-37-27)26(35)31-22-9-8-18(11-29-22)34-12-19-10-20(13-34)33(19)3/h4-9,11,14-15,19-20H,10,12-13H2,1-3H3,(H,29,31,35). The summed E-state index contributed by atoms with van der Waals surface area (Å²) in [6.45, 7) is 6.01. The topological polar surface area (TPSA) is 87.4 Å². The van der Waals surface area contributed by atoms with Crippen molar-refractivity contribution in [2.45, 2.75) is 38.3 Å². The highest BCUT2D eigenvalue weighted by atomic mass is 32.1. The summed E-state index contributed by atoms with van der Waals surface area (Å²) < 4.78 is 19.1. The average Bonchev–Trinajstić information content (AvgIpc) is 3.57. The fraction of sp³-hybridized carbons (Fsp3) is 0.333. The molecule has 0 spiro atoms. The first kappa shape index (κ1) is 23.7. The molecule has 1 N–H and O–H groups in total. The number of rotatable bonds is 6. The van der Waals surface area contributed by atoms with Crippen molar-refractivity contribution in [3.05, 3.63) is 65.2 Å². The van der Waals surface area contributed by atoms with Gasteiger partial charge in [0.2, 0.25) is 0 Å². The lowest BCUT2D eigenvalue weighted by Gasteiger charge is -2.55. The predicted octanol–water partition coefficient (Wildman–Crippen LogP) is 5.27. The Labute approximate surface area is 218 Å². The van der Waals surface area contributed by atoms with Crippen LogP contribution in [0.25, 0.3) is 21.8 Å². The molecule has 0 radical (unpaired) electrons. The van der Waals surface area contributed by atoms with Crippen LogP contribution in [-0.4, -0.2) is 58.2 Å². The van der Waals surface area contributed by atoms with Gasteiger partial charge in [0.05, 0.1) is 17.4 Å². The van der Waals surface area contributed by atoms with Crippen LogP contribution in [0.4, 0.5) is 15.9 Å². The molecule has 4 aromatic rings. The summed E-state index contributed by atoms with van der Waals surface area (Å²) in [7, 11) is 2.19. The largest absolute Gasteiger partial charge is 0.367 e. The van der Waals surface area contributed by atoms with Crippen LogP contribution >= 0.6 is 11.3 Å². The van der Waals surface area contributed by atoms with E-state index in [9.17, 15) is 9.18 Å². The molecule has 0 saturated carbocycles. The monoisotopic (exact) mass is 518 g/mol. The first-order chi connectivity index (χ1) is 17.9. The molecule has 3 aromatic heterocycles. The first-order valence-corrected chi connectivity index (χ1v) is 13.2. The van der Waals surface area contributed by atoms with Crippen LogP contribution in [0.5, 0.6) is 0 Å². The summed E-state index contributed by atoms with van der Waals surface area (Å²) in [5.74, 6) is 0.524. The van der Waals surface area contributed by atoms with Crippen LogP contribution in [0.2, 0.25) is 0 Å². The molecule has 2 atom stereocenters. The van der Waals surface area contributed by atoms with E-state index in [1.807, 2.05) is 32.2 Å². The number of fused-ring (bicyclic) bond motifs is 2. The first-order valence-electron chi connectivity index (χ1n) is 12.3. The number of hydrogen-bond donors (Lipinski definition) is 1. The lowest BCUT2D eigenvalue weighted by molar-refractivity contribution is 0.0264. The minimum absolute atomic E-state index is 0.0480. The van der Waals surface area contributed by atoms with E-state index in [-0.39, 0.29) is 23.3 Å². The van der Waals surface area contributed by atoms with Crippen molar-refractivity contribution in [1.29, 1.82) is 0 Å². The molecule has 0 aliphatic carbocycles. The number of likely N-dealkylation sites (N-methyl/N-ethyl adjacent to an activating group) is 1. The van der Waals surface area contributed by atoms with Gasteiger partial charge in [0.1, 0.15) is 33.8 Å². The number of aromatic nitrogens is 3. The van der Waals surface area contributed by atoms with Gasteiger partial charge in [-0.15, -0.1) is 11.3 Å². The second-order valence-corrected chi connectivity index (χ2v) is 10.8. The Morgan fingerprint density at radius 3 is 2.57 bits per heavy atom. The van der Waals surface area contributed by atoms with Crippen LogP contribution in [0, 0.1) is 5.82 Å². The molecule has 3 fully saturated rings. The number of anilines is 2. The molecule has 2 bridgehead atoms. The molecule has 1 aromatic carbocycles. The molecule has 7 rings (SSSR count). The maximum Gasteiger partial charge on any atom is 0.276 e. The molecule has 3 aliphatic rings. The molecule has 3 aliphatic heterocycles. The predicted molar refractivity (Wildman–Crippen MR) is 141 cm³/mol. The third-order valence-corrected chi connectivity index (χ3v) is 8.08. The number of hydrogen-bond acceptors (Lipinski definition) is 8. The van der Waals surface area contributed by atoms with Gasteiger partial charge in [-0.3, -0.25) is 9.69 Å². The molecule has 8 nitrogen and oxygen atoms in total. The quantitative estimate of drug-likeness (QED) is 0.372. The Bertz CT molecular complexity index is 1420. The lowest BCUT2D eigenvalue weighted by Crippen LogP contribution is -2.67. The molecule has 3 saturated heterocycles. The Balaban J connectivity index is 1.19. The minimum atomic E-state index is -0.338. The molecule has 2 unspecified atom stereocenters. The van der Waals surface area contributed by atoms with Crippen LogP contribution < -0.4 is 10.2 Å². The van der Waals surface area contributed by atoms with E-state index in [2.05, 4.69) is 37.3 Å². The number of piperazine rings is 1. The highest BCUT2D eigenvalue weighted by Crippen LogP contribution is 2.39. The number of piperidine rings is 1. The van der Waals surface area contributed by atoms with Gasteiger partial charge in [0.15, 0.2) is 0 Å². The van der Waals surface area contributed by atoms with E-state index in [0.717, 1.165) is 29.9 Å². The van der Waals surface area contributed by atoms with Crippen molar-refractivity contribution in [3.63, 3.8) is 0 Å². The number of benzene rings is 1. The molecule has 37 heavy (non-hydrogen) atoms. The van der Waals surface area contributed by atoms with E-state index in [1.165, 1.54) is 29.9 Å². The number of thiazole rings is 1. The molecule has 6 heterocycles. The van der Waals surface area contributed by atoms with Crippen molar-refractivity contribution in [2.24, 2.45) is 0 Å². The molecular formula is C27H27FN6O2S. The maximum absolute atomic E-state index is 13.5. The third kappa shape index (κ3) is 4.40. The van der Waals surface area contributed by atoms with Gasteiger partial charge in [0, 0.05) is 42.0 Å². The highest BCUT2D eigenvalue weighted by molar-refractivity contribution is 7.13. The summed E-state index contributed by atoms with van der Waals surface area (Å²) in [5, 5.41) is 9.42. The van der Waals surface area contributed by atoms with Gasteiger partial charge in [-0.2, -0.15) is 0 Å². The third-order valence-electron chi connectivity index (χ3n) is 7.22. The number of pyridine rings is 1. The summed E-state index contributed by atoms with van der Waals surface area (Å²) in [5.41, 5.74) is 3.36. The molecular weight excluding hydrogens is 491 g/mol. The fourth-order valence-electron chi connectivity index (χ4n) is 5.04. The summed E-state index contributed by atoms with van der Waals surface area (Å²) >= 11 is 1.34. The van der Waals surface area contributed by atoms with E-state index in [0.29, 0.717) is 34.4 Å². The number of carbonyl (C=O) groups is 1. The fourth-order valence-corrected chi connectivity index (χ4v) is 5.89. The normalized spacial score (nSPS) is 19.2. The van der Waals surface area contributed by atoms with Crippen LogP contribution in [-0.2, 0) is 0 Å². The van der Waals surface area contributed by atoms with Crippen molar-refractivity contribution in [2.75, 3.05) is 30.4 Å². The van der Waals surface area contributed by atoms with E-state index in [1.54, 1.807) is 17.5 Å². The summed E-state index contributed by atoms with van der Waals surface area (Å²) in [6, 6.07) is 11.1. The Morgan fingerprint density at radius 2 is 1.92 bits per heavy atom. The highest BCUT2D eigenvalue weighted by Gasteiger charge is 2.42. The van der Waals surface area contributed by atoms with E-state index < -0.39 is 0 Å².